The monoisotopic (exact) mass is 381 g/mol. The fourth-order valence-electron chi connectivity index (χ4n) is 3.01. The number of phenols is 1. The van der Waals surface area contributed by atoms with Gasteiger partial charge in [0.05, 0.1) is 23.5 Å². The summed E-state index contributed by atoms with van der Waals surface area (Å²) >= 11 is 1.30. The summed E-state index contributed by atoms with van der Waals surface area (Å²) in [5.41, 5.74) is 3.12. The van der Waals surface area contributed by atoms with Crippen molar-refractivity contribution in [3.63, 3.8) is 0 Å². The molecular formula is C20H16FN3O2S. The standard InChI is InChI=1S/C20H16FN3O2S/c1-11-2-7-15(16(25)8-11)24-9-17(26)18(19(24)22)20-23-14(10-27-20)12-3-5-13(21)6-4-12/h2-8,10,22,25-26H,9H2,1H3. The molecule has 1 aromatic heterocycles. The van der Waals surface area contributed by atoms with Gasteiger partial charge in [-0.3, -0.25) is 5.41 Å². The number of benzene rings is 2. The first kappa shape index (κ1) is 17.2. The van der Waals surface area contributed by atoms with Gasteiger partial charge in [0.1, 0.15) is 28.2 Å². The van der Waals surface area contributed by atoms with E-state index in [9.17, 15) is 14.6 Å². The topological polar surface area (TPSA) is 80.4 Å². The van der Waals surface area contributed by atoms with Crippen molar-refractivity contribution >= 4 is 28.4 Å². The first-order valence-electron chi connectivity index (χ1n) is 8.24. The Morgan fingerprint density at radius 3 is 2.59 bits per heavy atom. The number of thiazole rings is 1. The number of nitrogens with zero attached hydrogens (tertiary/aromatic N) is 2. The molecule has 0 saturated carbocycles. The third-order valence-corrected chi connectivity index (χ3v) is 5.24. The predicted octanol–water partition coefficient (Wildman–Crippen LogP) is 4.73. The number of aryl methyl sites for hydroxylation is 1. The van der Waals surface area contributed by atoms with E-state index >= 15 is 0 Å². The lowest BCUT2D eigenvalue weighted by molar-refractivity contribution is 0.411. The van der Waals surface area contributed by atoms with E-state index in [4.69, 9.17) is 5.41 Å². The lowest BCUT2D eigenvalue weighted by Crippen LogP contribution is -2.26. The van der Waals surface area contributed by atoms with Crippen molar-refractivity contribution in [2.45, 2.75) is 6.92 Å². The summed E-state index contributed by atoms with van der Waals surface area (Å²) in [6, 6.07) is 11.2. The maximum absolute atomic E-state index is 13.1. The van der Waals surface area contributed by atoms with Crippen LogP contribution in [0.3, 0.4) is 0 Å². The molecule has 0 spiro atoms. The van der Waals surface area contributed by atoms with Gasteiger partial charge in [-0.25, -0.2) is 9.37 Å². The van der Waals surface area contributed by atoms with Gasteiger partial charge in [0.25, 0.3) is 0 Å². The lowest BCUT2D eigenvalue weighted by Gasteiger charge is -2.20. The zero-order chi connectivity index (χ0) is 19.1. The SMILES string of the molecule is Cc1ccc(N2CC(O)=C(c3nc(-c4ccc(F)cc4)cs3)C2=N)c(O)c1. The molecule has 5 nitrogen and oxygen atoms in total. The minimum absolute atomic E-state index is 0.0278. The molecule has 0 saturated heterocycles. The van der Waals surface area contributed by atoms with Crippen LogP contribution in [-0.4, -0.2) is 27.6 Å². The van der Waals surface area contributed by atoms with Crippen molar-refractivity contribution in [2.24, 2.45) is 0 Å². The molecule has 0 amide bonds. The number of aromatic nitrogens is 1. The highest BCUT2D eigenvalue weighted by Gasteiger charge is 2.32. The molecule has 7 heteroatoms. The Hall–Kier alpha value is -3.19. The van der Waals surface area contributed by atoms with Crippen LogP contribution >= 0.6 is 11.3 Å². The van der Waals surface area contributed by atoms with E-state index in [0.29, 0.717) is 22.0 Å². The second-order valence-electron chi connectivity index (χ2n) is 6.29. The van der Waals surface area contributed by atoms with Crippen molar-refractivity contribution in [3.8, 4) is 17.0 Å². The number of nitrogens with one attached hydrogen (secondary N) is 1. The average Bonchev–Trinajstić information content (AvgIpc) is 3.20. The molecule has 3 N–H and O–H groups in total. The summed E-state index contributed by atoms with van der Waals surface area (Å²) in [5, 5.41) is 31.4. The van der Waals surface area contributed by atoms with E-state index < -0.39 is 0 Å². The number of aromatic hydroxyl groups is 1. The van der Waals surface area contributed by atoms with E-state index in [1.165, 1.54) is 23.5 Å². The van der Waals surface area contributed by atoms with Gasteiger partial charge in [0, 0.05) is 10.9 Å². The second-order valence-corrected chi connectivity index (χ2v) is 7.15. The molecule has 0 radical (unpaired) electrons. The van der Waals surface area contributed by atoms with E-state index in [1.54, 1.807) is 29.2 Å². The maximum atomic E-state index is 13.1. The normalized spacial score (nSPS) is 14.3. The Balaban J connectivity index is 1.65. The Labute approximate surface area is 159 Å². The van der Waals surface area contributed by atoms with Crippen molar-refractivity contribution in [3.05, 3.63) is 70.0 Å². The highest BCUT2D eigenvalue weighted by Crippen LogP contribution is 2.37. The van der Waals surface area contributed by atoms with Gasteiger partial charge in [-0.2, -0.15) is 0 Å². The fraction of sp³-hybridized carbons (Fsp3) is 0.100. The average molecular weight is 381 g/mol. The molecule has 0 aliphatic carbocycles. The largest absolute Gasteiger partial charge is 0.510 e. The smallest absolute Gasteiger partial charge is 0.139 e. The van der Waals surface area contributed by atoms with E-state index in [2.05, 4.69) is 4.98 Å². The maximum Gasteiger partial charge on any atom is 0.139 e. The van der Waals surface area contributed by atoms with Crippen LogP contribution < -0.4 is 4.90 Å². The molecule has 3 aromatic rings. The number of aliphatic hydroxyl groups excluding tert-OH is 1. The Kier molecular flexibility index (Phi) is 4.16. The minimum atomic E-state index is -0.319. The summed E-state index contributed by atoms with van der Waals surface area (Å²) in [5.74, 6) is -0.160. The van der Waals surface area contributed by atoms with Gasteiger partial charge in [0.15, 0.2) is 0 Å². The number of hydrogen-bond donors (Lipinski definition) is 3. The van der Waals surface area contributed by atoms with Crippen molar-refractivity contribution in [1.29, 1.82) is 5.41 Å². The van der Waals surface area contributed by atoms with Gasteiger partial charge in [0.2, 0.25) is 0 Å². The zero-order valence-electron chi connectivity index (χ0n) is 14.4. The van der Waals surface area contributed by atoms with Crippen molar-refractivity contribution in [1.82, 2.24) is 4.98 Å². The van der Waals surface area contributed by atoms with Crippen LogP contribution in [0.15, 0.2) is 53.6 Å². The van der Waals surface area contributed by atoms with Gasteiger partial charge in [-0.1, -0.05) is 6.07 Å². The number of halogens is 1. The molecule has 0 fully saturated rings. The molecule has 27 heavy (non-hydrogen) atoms. The van der Waals surface area contributed by atoms with Crippen LogP contribution in [0.5, 0.6) is 5.75 Å². The molecule has 0 unspecified atom stereocenters. The molecule has 2 aromatic carbocycles. The minimum Gasteiger partial charge on any atom is -0.510 e. The molecule has 2 heterocycles. The van der Waals surface area contributed by atoms with Crippen LogP contribution in [0.1, 0.15) is 10.6 Å². The van der Waals surface area contributed by atoms with E-state index in [0.717, 1.165) is 11.1 Å². The number of hydrogen-bond acceptors (Lipinski definition) is 5. The Bertz CT molecular complexity index is 1070. The highest BCUT2D eigenvalue weighted by atomic mass is 32.1. The third kappa shape index (κ3) is 3.06. The number of aliphatic hydroxyl groups is 1. The van der Waals surface area contributed by atoms with Gasteiger partial charge < -0.3 is 15.1 Å². The quantitative estimate of drug-likeness (QED) is 0.613. The fourth-order valence-corrected chi connectivity index (χ4v) is 3.91. The molecule has 4 rings (SSSR count). The van der Waals surface area contributed by atoms with Crippen molar-refractivity contribution in [2.75, 3.05) is 11.4 Å². The lowest BCUT2D eigenvalue weighted by atomic mass is 10.1. The van der Waals surface area contributed by atoms with Crippen LogP contribution in [0.4, 0.5) is 10.1 Å². The summed E-state index contributed by atoms with van der Waals surface area (Å²) < 4.78 is 13.1. The molecule has 0 atom stereocenters. The second kappa shape index (κ2) is 6.51. The number of rotatable bonds is 3. The molecule has 0 bridgehead atoms. The molecular weight excluding hydrogens is 365 g/mol. The molecule has 1 aliphatic rings. The van der Waals surface area contributed by atoms with Gasteiger partial charge in [-0.05, 0) is 48.9 Å². The molecule has 136 valence electrons. The number of anilines is 1. The predicted molar refractivity (Wildman–Crippen MR) is 105 cm³/mol. The first-order valence-corrected chi connectivity index (χ1v) is 9.12. The van der Waals surface area contributed by atoms with Crippen LogP contribution in [0.2, 0.25) is 0 Å². The zero-order valence-corrected chi connectivity index (χ0v) is 15.2. The Morgan fingerprint density at radius 2 is 1.89 bits per heavy atom. The number of phenolic OH excluding ortho intramolecular Hbond substituents is 1. The third-order valence-electron chi connectivity index (χ3n) is 4.38. The summed E-state index contributed by atoms with van der Waals surface area (Å²) in [7, 11) is 0. The summed E-state index contributed by atoms with van der Waals surface area (Å²) in [4.78, 5) is 6.05. The van der Waals surface area contributed by atoms with Crippen LogP contribution in [0.25, 0.3) is 16.8 Å². The first-order chi connectivity index (χ1) is 12.9. The van der Waals surface area contributed by atoms with Crippen molar-refractivity contribution < 1.29 is 14.6 Å². The van der Waals surface area contributed by atoms with Gasteiger partial charge >= 0.3 is 0 Å². The summed E-state index contributed by atoms with van der Waals surface area (Å²) in [6.07, 6.45) is 0. The summed E-state index contributed by atoms with van der Waals surface area (Å²) in [6.45, 7) is 1.96. The van der Waals surface area contributed by atoms with E-state index in [1.807, 2.05) is 18.4 Å². The van der Waals surface area contributed by atoms with E-state index in [-0.39, 0.29) is 29.7 Å². The molecule has 1 aliphatic heterocycles. The van der Waals surface area contributed by atoms with Crippen LogP contribution in [-0.2, 0) is 0 Å². The van der Waals surface area contributed by atoms with Gasteiger partial charge in [-0.15, -0.1) is 11.3 Å². The number of amidine groups is 1. The highest BCUT2D eigenvalue weighted by molar-refractivity contribution is 7.11. The Morgan fingerprint density at radius 1 is 1.15 bits per heavy atom. The van der Waals surface area contributed by atoms with Crippen LogP contribution in [0, 0.1) is 18.2 Å².